The molecule has 0 saturated heterocycles. The number of nitrogens with zero attached hydrogens (tertiary/aromatic N) is 1. The number of hydrogen-bond acceptors (Lipinski definition) is 4. The lowest BCUT2D eigenvalue weighted by Gasteiger charge is -2.17. The maximum atomic E-state index is 12.6. The van der Waals surface area contributed by atoms with Crippen molar-refractivity contribution in [2.24, 2.45) is 0 Å². The first-order valence-corrected chi connectivity index (χ1v) is 10.4. The zero-order chi connectivity index (χ0) is 20.9. The quantitative estimate of drug-likeness (QED) is 0.643. The van der Waals surface area contributed by atoms with Gasteiger partial charge in [0.25, 0.3) is 15.9 Å². The lowest BCUT2D eigenvalue weighted by Crippen LogP contribution is -2.26. The molecule has 0 fully saturated rings. The molecule has 0 unspecified atom stereocenters. The summed E-state index contributed by atoms with van der Waals surface area (Å²) >= 11 is 0. The number of rotatable bonds is 7. The highest BCUT2D eigenvalue weighted by Crippen LogP contribution is 2.20. The maximum absolute atomic E-state index is 12.6. The van der Waals surface area contributed by atoms with Crippen LogP contribution in [-0.2, 0) is 16.6 Å². The van der Waals surface area contributed by atoms with E-state index in [1.54, 1.807) is 48.3 Å². The first-order chi connectivity index (χ1) is 13.9. The van der Waals surface area contributed by atoms with Crippen molar-refractivity contribution in [2.45, 2.75) is 11.4 Å². The van der Waals surface area contributed by atoms with Crippen molar-refractivity contribution < 1.29 is 17.9 Å². The highest BCUT2D eigenvalue weighted by atomic mass is 32.2. The minimum absolute atomic E-state index is 0.126. The van der Waals surface area contributed by atoms with Crippen molar-refractivity contribution in [3.8, 4) is 5.75 Å². The second-order valence-corrected chi connectivity index (χ2v) is 8.19. The van der Waals surface area contributed by atoms with Crippen LogP contribution in [0.15, 0.2) is 83.8 Å². The molecule has 150 valence electrons. The molecule has 0 saturated carbocycles. The van der Waals surface area contributed by atoms with Crippen LogP contribution >= 0.6 is 0 Å². The van der Waals surface area contributed by atoms with E-state index in [1.807, 2.05) is 30.3 Å². The Hall–Kier alpha value is -3.32. The topological polar surface area (TPSA) is 75.7 Å². The van der Waals surface area contributed by atoms with Crippen LogP contribution in [0.1, 0.15) is 15.9 Å². The van der Waals surface area contributed by atoms with Gasteiger partial charge in [-0.25, -0.2) is 8.42 Å². The summed E-state index contributed by atoms with van der Waals surface area (Å²) in [7, 11) is -0.482. The van der Waals surface area contributed by atoms with Crippen LogP contribution in [0.5, 0.6) is 5.75 Å². The largest absolute Gasteiger partial charge is 0.497 e. The van der Waals surface area contributed by atoms with Crippen molar-refractivity contribution >= 4 is 21.6 Å². The number of ether oxygens (including phenoxy) is 1. The summed E-state index contributed by atoms with van der Waals surface area (Å²) in [6.45, 7) is 0.492. The number of sulfonamides is 1. The number of methoxy groups -OCH3 is 1. The molecule has 0 atom stereocenters. The molecule has 3 aromatic carbocycles. The van der Waals surface area contributed by atoms with Crippen molar-refractivity contribution in [2.75, 3.05) is 18.9 Å². The molecular formula is C22H22N2O4S. The lowest BCUT2D eigenvalue weighted by molar-refractivity contribution is 0.0785. The van der Waals surface area contributed by atoms with E-state index in [2.05, 4.69) is 4.72 Å². The van der Waals surface area contributed by atoms with Crippen LogP contribution in [0.2, 0.25) is 0 Å². The third-order valence-corrected chi connectivity index (χ3v) is 5.76. The Balaban J connectivity index is 1.68. The van der Waals surface area contributed by atoms with Gasteiger partial charge in [0, 0.05) is 24.8 Å². The third-order valence-electron chi connectivity index (χ3n) is 4.36. The summed E-state index contributed by atoms with van der Waals surface area (Å²) < 4.78 is 32.6. The van der Waals surface area contributed by atoms with E-state index < -0.39 is 10.0 Å². The summed E-state index contributed by atoms with van der Waals surface area (Å²) in [4.78, 5) is 14.3. The number of benzene rings is 3. The van der Waals surface area contributed by atoms with Gasteiger partial charge < -0.3 is 9.64 Å². The van der Waals surface area contributed by atoms with Crippen LogP contribution in [0.4, 0.5) is 5.69 Å². The monoisotopic (exact) mass is 410 g/mol. The third kappa shape index (κ3) is 5.14. The number of carbonyl (C=O) groups excluding carboxylic acids is 1. The van der Waals surface area contributed by atoms with E-state index in [-0.39, 0.29) is 10.8 Å². The minimum Gasteiger partial charge on any atom is -0.497 e. The molecule has 1 amide bonds. The van der Waals surface area contributed by atoms with Crippen molar-refractivity contribution in [1.29, 1.82) is 0 Å². The van der Waals surface area contributed by atoms with Gasteiger partial charge in [-0.1, -0.05) is 30.3 Å². The maximum Gasteiger partial charge on any atom is 0.261 e. The predicted molar refractivity (Wildman–Crippen MR) is 112 cm³/mol. The molecule has 3 rings (SSSR count). The molecule has 0 spiro atoms. The van der Waals surface area contributed by atoms with Crippen LogP contribution in [-0.4, -0.2) is 33.4 Å². The number of amides is 1. The van der Waals surface area contributed by atoms with Crippen molar-refractivity contribution in [1.82, 2.24) is 4.90 Å². The molecule has 0 aliphatic carbocycles. The fraction of sp³-hybridized carbons (Fsp3) is 0.136. The highest BCUT2D eigenvalue weighted by molar-refractivity contribution is 7.92. The molecule has 0 radical (unpaired) electrons. The zero-order valence-corrected chi connectivity index (χ0v) is 17.0. The smallest absolute Gasteiger partial charge is 0.261 e. The predicted octanol–water partition coefficient (Wildman–Crippen LogP) is 3.77. The van der Waals surface area contributed by atoms with Crippen molar-refractivity contribution in [3.63, 3.8) is 0 Å². The minimum atomic E-state index is -3.73. The number of carbonyl (C=O) groups is 1. The van der Waals surface area contributed by atoms with Gasteiger partial charge in [-0.05, 0) is 54.1 Å². The van der Waals surface area contributed by atoms with Crippen LogP contribution < -0.4 is 9.46 Å². The zero-order valence-electron chi connectivity index (χ0n) is 16.2. The standard InChI is InChI=1S/C22H22N2O4S/c1-24(16-17-6-4-3-5-7-17)22(25)18-8-10-19(11-9-18)23-29(26,27)21-14-12-20(28-2)13-15-21/h3-15,23H,16H2,1-2H3. The summed E-state index contributed by atoms with van der Waals surface area (Å²) in [6.07, 6.45) is 0. The first kappa shape index (κ1) is 20.4. The SMILES string of the molecule is COc1ccc(S(=O)(=O)Nc2ccc(C(=O)N(C)Cc3ccccc3)cc2)cc1. The van der Waals surface area contributed by atoms with Gasteiger partial charge in [-0.3, -0.25) is 9.52 Å². The van der Waals surface area contributed by atoms with Crippen LogP contribution in [0.25, 0.3) is 0 Å². The second-order valence-electron chi connectivity index (χ2n) is 6.51. The van der Waals surface area contributed by atoms with Gasteiger partial charge >= 0.3 is 0 Å². The molecule has 1 N–H and O–H groups in total. The molecule has 0 bridgehead atoms. The van der Waals surface area contributed by atoms with E-state index >= 15 is 0 Å². The average molecular weight is 410 g/mol. The highest BCUT2D eigenvalue weighted by Gasteiger charge is 2.16. The summed E-state index contributed by atoms with van der Waals surface area (Å²) in [5, 5.41) is 0. The van der Waals surface area contributed by atoms with E-state index in [4.69, 9.17) is 4.74 Å². The first-order valence-electron chi connectivity index (χ1n) is 8.95. The van der Waals surface area contributed by atoms with E-state index in [1.165, 1.54) is 19.2 Å². The Morgan fingerprint density at radius 3 is 2.14 bits per heavy atom. The molecule has 3 aromatic rings. The molecule has 6 nitrogen and oxygen atoms in total. The summed E-state index contributed by atoms with van der Waals surface area (Å²) in [6, 6.07) is 22.2. The van der Waals surface area contributed by atoms with Crippen LogP contribution in [0, 0.1) is 0 Å². The summed E-state index contributed by atoms with van der Waals surface area (Å²) in [5.74, 6) is 0.435. The Labute approximate surface area is 170 Å². The van der Waals surface area contributed by atoms with Crippen LogP contribution in [0.3, 0.4) is 0 Å². The van der Waals surface area contributed by atoms with Gasteiger partial charge in [-0.15, -0.1) is 0 Å². The van der Waals surface area contributed by atoms with E-state index in [0.29, 0.717) is 23.5 Å². The van der Waals surface area contributed by atoms with Crippen molar-refractivity contribution in [3.05, 3.63) is 90.0 Å². The molecule has 29 heavy (non-hydrogen) atoms. The molecular weight excluding hydrogens is 388 g/mol. The Morgan fingerprint density at radius 1 is 0.931 bits per heavy atom. The van der Waals surface area contributed by atoms with E-state index in [9.17, 15) is 13.2 Å². The number of anilines is 1. The Bertz CT molecular complexity index is 1060. The molecule has 0 aliphatic heterocycles. The molecule has 0 aliphatic rings. The number of nitrogens with one attached hydrogen (secondary N) is 1. The molecule has 0 aromatic heterocycles. The lowest BCUT2D eigenvalue weighted by atomic mass is 10.1. The second kappa shape index (κ2) is 8.79. The van der Waals surface area contributed by atoms with Gasteiger partial charge in [0.15, 0.2) is 0 Å². The van der Waals surface area contributed by atoms with Gasteiger partial charge in [-0.2, -0.15) is 0 Å². The summed E-state index contributed by atoms with van der Waals surface area (Å²) in [5.41, 5.74) is 1.89. The van der Waals surface area contributed by atoms with Gasteiger partial charge in [0.05, 0.1) is 12.0 Å². The average Bonchev–Trinajstić information content (AvgIpc) is 2.74. The molecule has 7 heteroatoms. The Kier molecular flexibility index (Phi) is 6.19. The molecule has 0 heterocycles. The van der Waals surface area contributed by atoms with E-state index in [0.717, 1.165) is 5.56 Å². The van der Waals surface area contributed by atoms with Gasteiger partial charge in [0.1, 0.15) is 5.75 Å². The fourth-order valence-corrected chi connectivity index (χ4v) is 3.86. The van der Waals surface area contributed by atoms with Gasteiger partial charge in [0.2, 0.25) is 0 Å². The Morgan fingerprint density at radius 2 is 1.55 bits per heavy atom. The normalized spacial score (nSPS) is 11.0. The number of hydrogen-bond donors (Lipinski definition) is 1. The fourth-order valence-electron chi connectivity index (χ4n) is 2.80.